The van der Waals surface area contributed by atoms with Crippen LogP contribution in [0, 0.1) is 0 Å². The second-order valence-corrected chi connectivity index (χ2v) is 17.2. The first-order valence-electron chi connectivity index (χ1n) is 20.9. The predicted octanol–water partition coefficient (Wildman–Crippen LogP) is 15.4. The second-order valence-electron chi connectivity index (χ2n) is 16.1. The Balaban J connectivity index is 1.05. The molecule has 0 unspecified atom stereocenters. The third kappa shape index (κ3) is 4.72. The zero-order valence-corrected chi connectivity index (χ0v) is 33.9. The molecule has 0 saturated heterocycles. The van der Waals surface area contributed by atoms with Crippen LogP contribution in [0.4, 0.5) is 0 Å². The Labute approximate surface area is 358 Å². The number of benzene rings is 9. The predicted molar refractivity (Wildman–Crippen MR) is 259 cm³/mol. The number of hydrogen-bond donors (Lipinski definition) is 0. The molecule has 0 bridgehead atoms. The van der Waals surface area contributed by atoms with Crippen LogP contribution in [0.2, 0.25) is 0 Å². The number of para-hydroxylation sites is 2. The van der Waals surface area contributed by atoms with E-state index in [-0.39, 0.29) is 0 Å². The molecule has 9 aromatic carbocycles. The van der Waals surface area contributed by atoms with Crippen LogP contribution < -0.4 is 0 Å². The van der Waals surface area contributed by atoms with Crippen molar-refractivity contribution in [2.24, 2.45) is 0 Å². The fraction of sp³-hybridized carbons (Fsp3) is 0. The summed E-state index contributed by atoms with van der Waals surface area (Å²) in [4.78, 5) is 10.8. The monoisotopic (exact) mass is 808 g/mol. The Morgan fingerprint density at radius 1 is 0.387 bits per heavy atom. The number of hydrogen-bond acceptors (Lipinski definition) is 4. The van der Waals surface area contributed by atoms with E-state index in [9.17, 15) is 0 Å². The first-order valence-corrected chi connectivity index (χ1v) is 21.7. The van der Waals surface area contributed by atoms with E-state index >= 15 is 0 Å². The van der Waals surface area contributed by atoms with Crippen LogP contribution in [-0.2, 0) is 0 Å². The average molecular weight is 809 g/mol. The molecule has 288 valence electrons. The maximum absolute atomic E-state index is 7.02. The molecule has 0 fully saturated rings. The molecular formula is C56H32N4OS. The van der Waals surface area contributed by atoms with Gasteiger partial charge in [0.1, 0.15) is 11.2 Å². The summed E-state index contributed by atoms with van der Waals surface area (Å²) >= 11 is 1.75. The van der Waals surface area contributed by atoms with Crippen molar-refractivity contribution in [3.8, 4) is 34.0 Å². The lowest BCUT2D eigenvalue weighted by Crippen LogP contribution is -2.02. The molecule has 6 heteroatoms. The third-order valence-electron chi connectivity index (χ3n) is 12.7. The van der Waals surface area contributed by atoms with Crippen molar-refractivity contribution >= 4 is 108 Å². The highest BCUT2D eigenvalue weighted by Crippen LogP contribution is 2.45. The lowest BCUT2D eigenvalue weighted by Gasteiger charge is -2.13. The number of aromatic nitrogens is 4. The van der Waals surface area contributed by atoms with Gasteiger partial charge in [0, 0.05) is 64.8 Å². The third-order valence-corrected chi connectivity index (χ3v) is 13.9. The van der Waals surface area contributed by atoms with Crippen molar-refractivity contribution in [1.29, 1.82) is 0 Å². The van der Waals surface area contributed by atoms with Gasteiger partial charge in [0.25, 0.3) is 0 Å². The Kier molecular flexibility index (Phi) is 6.92. The number of fused-ring (bicyclic) bond motifs is 14. The highest BCUT2D eigenvalue weighted by atomic mass is 32.1. The van der Waals surface area contributed by atoms with E-state index in [4.69, 9.17) is 14.4 Å². The van der Waals surface area contributed by atoms with Gasteiger partial charge in [-0.15, -0.1) is 11.3 Å². The van der Waals surface area contributed by atoms with Crippen molar-refractivity contribution in [3.05, 3.63) is 194 Å². The summed E-state index contributed by atoms with van der Waals surface area (Å²) < 4.78 is 14.0. The molecule has 0 spiro atoms. The van der Waals surface area contributed by atoms with Crippen molar-refractivity contribution < 1.29 is 4.42 Å². The van der Waals surface area contributed by atoms with Gasteiger partial charge in [-0.25, -0.2) is 9.97 Å². The first-order chi connectivity index (χ1) is 30.7. The van der Waals surface area contributed by atoms with E-state index in [1.807, 2.05) is 0 Å². The van der Waals surface area contributed by atoms with Gasteiger partial charge >= 0.3 is 0 Å². The Morgan fingerprint density at radius 2 is 1.00 bits per heavy atom. The van der Waals surface area contributed by atoms with Gasteiger partial charge in [-0.05, 0) is 53.6 Å². The van der Waals surface area contributed by atoms with Crippen LogP contribution in [0.5, 0.6) is 0 Å². The van der Waals surface area contributed by atoms with Crippen LogP contribution in [0.1, 0.15) is 0 Å². The maximum atomic E-state index is 7.02. The summed E-state index contributed by atoms with van der Waals surface area (Å²) in [6.07, 6.45) is 0. The van der Waals surface area contributed by atoms with Crippen LogP contribution in [0.3, 0.4) is 0 Å². The normalized spacial score (nSPS) is 12.2. The van der Waals surface area contributed by atoms with Crippen molar-refractivity contribution in [3.63, 3.8) is 0 Å². The Bertz CT molecular complexity index is 4160. The molecule has 0 saturated carbocycles. The van der Waals surface area contributed by atoms with E-state index in [1.165, 1.54) is 37.6 Å². The quantitative estimate of drug-likeness (QED) is 0.178. The molecule has 14 aromatic rings. The molecule has 0 atom stereocenters. The summed E-state index contributed by atoms with van der Waals surface area (Å²) in [7, 11) is 0. The first kappa shape index (κ1) is 33.7. The average Bonchev–Trinajstić information content (AvgIpc) is 4.08. The molecule has 0 aliphatic heterocycles. The molecule has 14 rings (SSSR count). The van der Waals surface area contributed by atoms with E-state index in [2.05, 4.69) is 203 Å². The van der Waals surface area contributed by atoms with Crippen molar-refractivity contribution in [2.75, 3.05) is 0 Å². The van der Waals surface area contributed by atoms with E-state index in [0.29, 0.717) is 5.95 Å². The van der Waals surface area contributed by atoms with Crippen LogP contribution >= 0.6 is 11.3 Å². The van der Waals surface area contributed by atoms with Gasteiger partial charge in [-0.1, -0.05) is 146 Å². The maximum Gasteiger partial charge on any atom is 0.235 e. The minimum absolute atomic E-state index is 0.635. The van der Waals surface area contributed by atoms with Crippen molar-refractivity contribution in [1.82, 2.24) is 19.1 Å². The minimum Gasteiger partial charge on any atom is -0.455 e. The van der Waals surface area contributed by atoms with Gasteiger partial charge < -0.3 is 8.98 Å². The summed E-state index contributed by atoms with van der Waals surface area (Å²) in [5.41, 5.74) is 12.6. The number of nitrogens with zero attached hydrogens (tertiary/aromatic N) is 4. The van der Waals surface area contributed by atoms with Gasteiger partial charge in [0.05, 0.1) is 43.7 Å². The van der Waals surface area contributed by atoms with E-state index in [0.717, 1.165) is 87.1 Å². The second kappa shape index (κ2) is 12.7. The summed E-state index contributed by atoms with van der Waals surface area (Å²) in [5, 5.41) is 10.2. The van der Waals surface area contributed by atoms with E-state index in [1.54, 1.807) is 11.3 Å². The molecule has 0 radical (unpaired) electrons. The minimum atomic E-state index is 0.635. The summed E-state index contributed by atoms with van der Waals surface area (Å²) in [5.74, 6) is 0.635. The van der Waals surface area contributed by atoms with Crippen LogP contribution in [0.25, 0.3) is 131 Å². The molecule has 5 nitrogen and oxygen atoms in total. The van der Waals surface area contributed by atoms with Gasteiger partial charge in [-0.2, -0.15) is 0 Å². The summed E-state index contributed by atoms with van der Waals surface area (Å²) in [6, 6.07) is 69.4. The zero-order valence-electron chi connectivity index (χ0n) is 33.1. The molecule has 62 heavy (non-hydrogen) atoms. The highest BCUT2D eigenvalue weighted by Gasteiger charge is 2.23. The number of furan rings is 1. The topological polar surface area (TPSA) is 48.8 Å². The molecule has 0 amide bonds. The van der Waals surface area contributed by atoms with Crippen molar-refractivity contribution in [2.45, 2.75) is 0 Å². The largest absolute Gasteiger partial charge is 0.455 e. The molecule has 5 aromatic heterocycles. The highest BCUT2D eigenvalue weighted by molar-refractivity contribution is 7.26. The van der Waals surface area contributed by atoms with Gasteiger partial charge in [0.2, 0.25) is 5.95 Å². The lowest BCUT2D eigenvalue weighted by molar-refractivity contribution is 0.673. The fourth-order valence-electron chi connectivity index (χ4n) is 9.95. The standard InChI is InChI=1S/C56H32N4OS/c1-3-15-33(16-4-1)35-27-28-47-41(29-35)37-20-9-12-24-45(37)59(47)48-31-44-43-30-42-38-21-10-13-25-46(38)60(49(42)32-50(43)61-54(44)39-22-8-7-19-36(39)48)56-57-52(34-17-5-2-6-18-34)55-53(58-56)40-23-11-14-26-51(40)62-55/h1-32H. The molecule has 0 N–H and O–H groups in total. The van der Waals surface area contributed by atoms with Gasteiger partial charge in [0.15, 0.2) is 0 Å². The van der Waals surface area contributed by atoms with E-state index < -0.39 is 0 Å². The Morgan fingerprint density at radius 3 is 1.77 bits per heavy atom. The fourth-order valence-corrected chi connectivity index (χ4v) is 11.1. The number of rotatable bonds is 4. The number of thiophene rings is 1. The lowest BCUT2D eigenvalue weighted by atomic mass is 10.0. The molecule has 0 aliphatic carbocycles. The zero-order chi connectivity index (χ0) is 40.5. The molecule has 5 heterocycles. The van der Waals surface area contributed by atoms with Crippen LogP contribution in [-0.4, -0.2) is 19.1 Å². The Hall–Kier alpha value is -8.06. The van der Waals surface area contributed by atoms with Crippen LogP contribution in [0.15, 0.2) is 199 Å². The summed E-state index contributed by atoms with van der Waals surface area (Å²) in [6.45, 7) is 0. The smallest absolute Gasteiger partial charge is 0.235 e. The SMILES string of the molecule is c1ccc(-c2ccc3c(c2)c2ccccc2n3-c2cc3c4cc5c6ccccc6n(-c6nc(-c7ccccc7)c7sc8ccccc8c7n6)c5cc4oc3c3ccccc23)cc1. The molecular weight excluding hydrogens is 777 g/mol. The van der Waals surface area contributed by atoms with Gasteiger partial charge in [-0.3, -0.25) is 4.57 Å². The molecule has 0 aliphatic rings.